The van der Waals surface area contributed by atoms with Crippen molar-refractivity contribution in [1.29, 1.82) is 0 Å². The van der Waals surface area contributed by atoms with E-state index in [-0.39, 0.29) is 5.91 Å². The summed E-state index contributed by atoms with van der Waals surface area (Å²) < 4.78 is 0. The number of thiophene rings is 1. The second kappa shape index (κ2) is 6.34. The maximum Gasteiger partial charge on any atom is 0.276 e. The summed E-state index contributed by atoms with van der Waals surface area (Å²) in [6.07, 6.45) is 2.68. The van der Waals surface area contributed by atoms with Gasteiger partial charge in [-0.3, -0.25) is 9.69 Å². The number of rotatable bonds is 3. The summed E-state index contributed by atoms with van der Waals surface area (Å²) >= 11 is 1.86. The third kappa shape index (κ3) is 2.73. The highest BCUT2D eigenvalue weighted by Gasteiger charge is 2.37. The van der Waals surface area contributed by atoms with Gasteiger partial charge < -0.3 is 4.90 Å². The van der Waals surface area contributed by atoms with Crippen LogP contribution in [0.4, 0.5) is 0 Å². The van der Waals surface area contributed by atoms with Crippen LogP contribution >= 0.6 is 11.3 Å². The Hall–Kier alpha value is -2.51. The first-order valence-corrected chi connectivity index (χ1v) is 9.72. The van der Waals surface area contributed by atoms with Gasteiger partial charge in [0.1, 0.15) is 0 Å². The maximum absolute atomic E-state index is 12.7. The predicted octanol–water partition coefficient (Wildman–Crippen LogP) is 2.21. The van der Waals surface area contributed by atoms with Crippen molar-refractivity contribution in [2.24, 2.45) is 0 Å². The van der Waals surface area contributed by atoms with Gasteiger partial charge in [0.05, 0.1) is 11.9 Å². The fourth-order valence-corrected chi connectivity index (χ4v) is 4.53. The van der Waals surface area contributed by atoms with Crippen LogP contribution in [-0.4, -0.2) is 56.4 Å². The van der Waals surface area contributed by atoms with Crippen LogP contribution in [0, 0.1) is 0 Å². The summed E-state index contributed by atoms with van der Waals surface area (Å²) in [5.41, 5.74) is 2.72. The maximum atomic E-state index is 12.7. The van der Waals surface area contributed by atoms with Gasteiger partial charge in [0.2, 0.25) is 0 Å². The predicted molar refractivity (Wildman–Crippen MR) is 99.5 cm³/mol. The smallest absolute Gasteiger partial charge is 0.276 e. The van der Waals surface area contributed by atoms with Crippen molar-refractivity contribution in [3.63, 3.8) is 0 Å². The Morgan fingerprint density at radius 1 is 1.15 bits per heavy atom. The summed E-state index contributed by atoms with van der Waals surface area (Å²) in [6, 6.07) is 12.3. The number of hydrogen-bond donors (Lipinski definition) is 0. The van der Waals surface area contributed by atoms with Crippen molar-refractivity contribution in [2.75, 3.05) is 19.6 Å². The molecule has 1 aromatic carbocycles. The van der Waals surface area contributed by atoms with E-state index >= 15 is 0 Å². The van der Waals surface area contributed by atoms with Gasteiger partial charge in [-0.1, -0.05) is 18.2 Å². The minimum absolute atomic E-state index is 0.0309. The van der Waals surface area contributed by atoms with Gasteiger partial charge >= 0.3 is 0 Å². The van der Waals surface area contributed by atoms with E-state index in [1.54, 1.807) is 6.20 Å². The Kier molecular flexibility index (Phi) is 3.83. The molecular weight excluding hydrogens is 346 g/mol. The molecule has 0 radical (unpaired) electrons. The molecule has 3 aromatic rings. The average Bonchev–Trinajstić information content (AvgIpc) is 3.30. The normalized spacial score (nSPS) is 17.8. The van der Waals surface area contributed by atoms with Crippen molar-refractivity contribution >= 4 is 17.2 Å². The molecule has 4 heterocycles. The second-order valence-electron chi connectivity index (χ2n) is 6.81. The molecule has 0 saturated carbocycles. The molecule has 2 aliphatic rings. The fraction of sp³-hybridized carbons (Fsp3) is 0.316. The number of carbonyl (C=O) groups is 1. The highest BCUT2D eigenvalue weighted by molar-refractivity contribution is 7.10. The molecule has 0 N–H and O–H groups in total. The van der Waals surface area contributed by atoms with Crippen LogP contribution in [0.25, 0.3) is 5.69 Å². The number of para-hydroxylation sites is 1. The van der Waals surface area contributed by atoms with Gasteiger partial charge in [-0.2, -0.15) is 9.90 Å². The molecule has 0 atom stereocenters. The van der Waals surface area contributed by atoms with E-state index in [9.17, 15) is 4.79 Å². The standard InChI is InChI=1S/C19H19N5OS/c25-19(17-10-20-24(21-17)15-4-2-1-3-5-15)23-12-16(13-23)22-8-6-18-14(11-22)7-9-26-18/h1-5,7,9-10,16H,6,8,11-13H2. The van der Waals surface area contributed by atoms with Crippen molar-refractivity contribution < 1.29 is 4.79 Å². The summed E-state index contributed by atoms with van der Waals surface area (Å²) in [4.78, 5) is 20.0. The lowest BCUT2D eigenvalue weighted by Gasteiger charge is -2.46. The molecule has 0 unspecified atom stereocenters. The fourth-order valence-electron chi connectivity index (χ4n) is 3.64. The number of fused-ring (bicyclic) bond motifs is 1. The van der Waals surface area contributed by atoms with E-state index in [1.165, 1.54) is 15.2 Å². The van der Waals surface area contributed by atoms with Crippen LogP contribution in [0.2, 0.25) is 0 Å². The number of amides is 1. The van der Waals surface area contributed by atoms with Crippen LogP contribution in [-0.2, 0) is 13.0 Å². The third-order valence-corrected chi connectivity index (χ3v) is 6.22. The lowest BCUT2D eigenvalue weighted by atomic mass is 10.0. The molecule has 0 aliphatic carbocycles. The zero-order valence-electron chi connectivity index (χ0n) is 14.3. The largest absolute Gasteiger partial charge is 0.334 e. The topological polar surface area (TPSA) is 54.3 Å². The second-order valence-corrected chi connectivity index (χ2v) is 7.81. The van der Waals surface area contributed by atoms with E-state index in [0.717, 1.165) is 38.3 Å². The Morgan fingerprint density at radius 2 is 2.00 bits per heavy atom. The molecule has 1 fully saturated rings. The first-order chi connectivity index (χ1) is 12.8. The Bertz CT molecular complexity index is 928. The van der Waals surface area contributed by atoms with E-state index in [0.29, 0.717) is 11.7 Å². The molecule has 1 amide bonds. The molecule has 1 saturated heterocycles. The molecule has 7 heteroatoms. The minimum atomic E-state index is -0.0309. The zero-order chi connectivity index (χ0) is 17.5. The van der Waals surface area contributed by atoms with Gasteiger partial charge in [0, 0.05) is 37.1 Å². The minimum Gasteiger partial charge on any atom is -0.334 e. The van der Waals surface area contributed by atoms with Crippen molar-refractivity contribution in [3.05, 3.63) is 64.1 Å². The highest BCUT2D eigenvalue weighted by atomic mass is 32.1. The Labute approximate surface area is 155 Å². The van der Waals surface area contributed by atoms with Crippen molar-refractivity contribution in [2.45, 2.75) is 19.0 Å². The molecule has 6 nitrogen and oxygen atoms in total. The number of likely N-dealkylation sites (tertiary alicyclic amines) is 1. The number of carbonyl (C=O) groups excluding carboxylic acids is 1. The van der Waals surface area contributed by atoms with Gasteiger partial charge in [-0.25, -0.2) is 0 Å². The molecule has 2 aliphatic heterocycles. The number of benzene rings is 1. The van der Waals surface area contributed by atoms with Gasteiger partial charge in [0.25, 0.3) is 5.91 Å². The Morgan fingerprint density at radius 3 is 2.85 bits per heavy atom. The first kappa shape index (κ1) is 15.7. The molecule has 132 valence electrons. The zero-order valence-corrected chi connectivity index (χ0v) is 15.1. The lowest BCUT2D eigenvalue weighted by Crippen LogP contribution is -2.61. The average molecular weight is 365 g/mol. The van der Waals surface area contributed by atoms with Crippen LogP contribution < -0.4 is 0 Å². The molecule has 0 bridgehead atoms. The summed E-state index contributed by atoms with van der Waals surface area (Å²) in [5.74, 6) is -0.0309. The third-order valence-electron chi connectivity index (χ3n) is 5.20. The van der Waals surface area contributed by atoms with E-state index in [4.69, 9.17) is 0 Å². The SMILES string of the molecule is O=C(c1cnn(-c2ccccc2)n1)N1CC(N2CCc3sccc3C2)C1. The molecule has 0 spiro atoms. The quantitative estimate of drug-likeness (QED) is 0.714. The molecule has 2 aromatic heterocycles. The van der Waals surface area contributed by atoms with Gasteiger partial charge in [-0.05, 0) is 35.6 Å². The van der Waals surface area contributed by atoms with E-state index in [2.05, 4.69) is 26.5 Å². The summed E-state index contributed by atoms with van der Waals surface area (Å²) in [5, 5.41) is 10.8. The van der Waals surface area contributed by atoms with Gasteiger partial charge in [-0.15, -0.1) is 16.4 Å². The number of nitrogens with zero attached hydrogens (tertiary/aromatic N) is 5. The van der Waals surface area contributed by atoms with E-state index in [1.807, 2.05) is 46.6 Å². The summed E-state index contributed by atoms with van der Waals surface area (Å²) in [7, 11) is 0. The monoisotopic (exact) mass is 365 g/mol. The van der Waals surface area contributed by atoms with E-state index < -0.39 is 0 Å². The van der Waals surface area contributed by atoms with Crippen LogP contribution in [0.1, 0.15) is 20.9 Å². The van der Waals surface area contributed by atoms with Crippen LogP contribution in [0.5, 0.6) is 0 Å². The Balaban J connectivity index is 1.22. The molecule has 5 rings (SSSR count). The summed E-state index contributed by atoms with van der Waals surface area (Å²) in [6.45, 7) is 3.65. The lowest BCUT2D eigenvalue weighted by molar-refractivity contribution is 0.0216. The van der Waals surface area contributed by atoms with Gasteiger partial charge in [0.15, 0.2) is 5.69 Å². The molecule has 26 heavy (non-hydrogen) atoms. The molecular formula is C19H19N5OS. The van der Waals surface area contributed by atoms with Crippen molar-refractivity contribution in [1.82, 2.24) is 24.8 Å². The van der Waals surface area contributed by atoms with Crippen LogP contribution in [0.3, 0.4) is 0 Å². The highest BCUT2D eigenvalue weighted by Crippen LogP contribution is 2.28. The number of hydrogen-bond acceptors (Lipinski definition) is 5. The first-order valence-electron chi connectivity index (χ1n) is 8.84. The number of aromatic nitrogens is 3. The van der Waals surface area contributed by atoms with Crippen molar-refractivity contribution in [3.8, 4) is 5.69 Å². The van der Waals surface area contributed by atoms with Crippen LogP contribution in [0.15, 0.2) is 48.0 Å².